The molecule has 2 saturated heterocycles. The number of anilines is 1. The Morgan fingerprint density at radius 3 is 2.48 bits per heavy atom. The number of carboxylic acid groups (broad SMARTS) is 1. The Morgan fingerprint density at radius 2 is 1.91 bits per heavy atom. The summed E-state index contributed by atoms with van der Waals surface area (Å²) in [5.74, 6) is -0.244. The SMILES string of the molecule is Cc1ccc(C(=O)N2CCC(F)(c3ccc(C#N)cc3)CC2)cc1N(C(=O)O)C1CCOC1. The number of amides is 2. The first kappa shape index (κ1) is 22.7. The number of carbonyl (C=O) groups excluding carboxylic acids is 1. The normalized spacial score (nSPS) is 19.7. The molecule has 0 saturated carbocycles. The Morgan fingerprint density at radius 1 is 1.21 bits per heavy atom. The van der Waals surface area contributed by atoms with Gasteiger partial charge in [-0.2, -0.15) is 5.26 Å². The molecule has 0 radical (unpaired) electrons. The quantitative estimate of drug-likeness (QED) is 0.750. The lowest BCUT2D eigenvalue weighted by Crippen LogP contribution is -2.43. The fourth-order valence-electron chi connectivity index (χ4n) is 4.56. The van der Waals surface area contributed by atoms with Crippen LogP contribution in [0.2, 0.25) is 0 Å². The molecule has 1 atom stereocenters. The number of ether oxygens (including phenoxy) is 1. The summed E-state index contributed by atoms with van der Waals surface area (Å²) in [5.41, 5.74) is 1.05. The van der Waals surface area contributed by atoms with Gasteiger partial charge in [0.2, 0.25) is 0 Å². The minimum Gasteiger partial charge on any atom is -0.465 e. The third-order valence-corrected chi connectivity index (χ3v) is 6.57. The highest BCUT2D eigenvalue weighted by Crippen LogP contribution is 2.37. The molecular weight excluding hydrogens is 425 g/mol. The molecule has 0 aliphatic carbocycles. The molecule has 2 aromatic carbocycles. The lowest BCUT2D eigenvalue weighted by molar-refractivity contribution is 0.0421. The lowest BCUT2D eigenvalue weighted by Gasteiger charge is -2.37. The Labute approximate surface area is 192 Å². The first-order valence-electron chi connectivity index (χ1n) is 11.0. The van der Waals surface area contributed by atoms with Crippen LogP contribution in [0, 0.1) is 18.3 Å². The minimum atomic E-state index is -1.55. The van der Waals surface area contributed by atoms with Crippen molar-refractivity contribution < 1.29 is 23.8 Å². The van der Waals surface area contributed by atoms with Crippen LogP contribution in [0.15, 0.2) is 42.5 Å². The second kappa shape index (κ2) is 9.20. The van der Waals surface area contributed by atoms with Crippen molar-refractivity contribution in [3.63, 3.8) is 0 Å². The van der Waals surface area contributed by atoms with E-state index >= 15 is 4.39 Å². The maximum absolute atomic E-state index is 15.6. The number of likely N-dealkylation sites (tertiary alicyclic amines) is 1. The van der Waals surface area contributed by atoms with Crippen LogP contribution in [0.5, 0.6) is 0 Å². The second-order valence-corrected chi connectivity index (χ2v) is 8.62. The van der Waals surface area contributed by atoms with Crippen molar-refractivity contribution in [3.8, 4) is 6.07 Å². The van der Waals surface area contributed by atoms with Gasteiger partial charge in [-0.3, -0.25) is 9.69 Å². The summed E-state index contributed by atoms with van der Waals surface area (Å²) >= 11 is 0. The van der Waals surface area contributed by atoms with E-state index in [4.69, 9.17) is 10.00 Å². The van der Waals surface area contributed by atoms with Gasteiger partial charge >= 0.3 is 6.09 Å². The predicted molar refractivity (Wildman–Crippen MR) is 120 cm³/mol. The van der Waals surface area contributed by atoms with Gasteiger partial charge in [0.1, 0.15) is 5.67 Å². The summed E-state index contributed by atoms with van der Waals surface area (Å²) in [6.07, 6.45) is -0.168. The Hall–Kier alpha value is -3.44. The van der Waals surface area contributed by atoms with Gasteiger partial charge in [0.05, 0.1) is 30.0 Å². The molecule has 0 bridgehead atoms. The number of nitrogens with zero attached hydrogens (tertiary/aromatic N) is 3. The van der Waals surface area contributed by atoms with E-state index in [0.717, 1.165) is 5.56 Å². The molecule has 172 valence electrons. The number of alkyl halides is 1. The third-order valence-electron chi connectivity index (χ3n) is 6.57. The van der Waals surface area contributed by atoms with Crippen molar-refractivity contribution in [2.45, 2.75) is 37.9 Å². The highest BCUT2D eigenvalue weighted by molar-refractivity contribution is 5.97. The topological polar surface area (TPSA) is 93.9 Å². The Bertz CT molecular complexity index is 1080. The fraction of sp³-hybridized carbons (Fsp3) is 0.400. The van der Waals surface area contributed by atoms with E-state index in [1.165, 1.54) is 4.90 Å². The van der Waals surface area contributed by atoms with Crippen LogP contribution in [0.3, 0.4) is 0 Å². The number of hydrogen-bond acceptors (Lipinski definition) is 4. The van der Waals surface area contributed by atoms with Crippen LogP contribution < -0.4 is 4.90 Å². The molecule has 2 fully saturated rings. The summed E-state index contributed by atoms with van der Waals surface area (Å²) in [6, 6.07) is 13.3. The summed E-state index contributed by atoms with van der Waals surface area (Å²) in [4.78, 5) is 28.1. The number of nitriles is 1. The van der Waals surface area contributed by atoms with Crippen molar-refractivity contribution in [1.82, 2.24) is 4.90 Å². The zero-order valence-electron chi connectivity index (χ0n) is 18.5. The summed E-state index contributed by atoms with van der Waals surface area (Å²) in [7, 11) is 0. The summed E-state index contributed by atoms with van der Waals surface area (Å²) < 4.78 is 20.9. The van der Waals surface area contributed by atoms with Gasteiger partial charge in [0.15, 0.2) is 0 Å². The van der Waals surface area contributed by atoms with E-state index < -0.39 is 11.8 Å². The second-order valence-electron chi connectivity index (χ2n) is 8.62. The lowest BCUT2D eigenvalue weighted by atomic mass is 9.85. The van der Waals surface area contributed by atoms with E-state index in [2.05, 4.69) is 0 Å². The van der Waals surface area contributed by atoms with E-state index in [9.17, 15) is 14.7 Å². The van der Waals surface area contributed by atoms with Gasteiger partial charge in [0, 0.05) is 38.1 Å². The van der Waals surface area contributed by atoms with Gasteiger partial charge in [0.25, 0.3) is 5.91 Å². The van der Waals surface area contributed by atoms with Crippen molar-refractivity contribution in [2.24, 2.45) is 0 Å². The molecule has 2 amide bonds. The maximum Gasteiger partial charge on any atom is 0.412 e. The molecule has 7 nitrogen and oxygen atoms in total. The molecule has 2 aliphatic heterocycles. The molecule has 2 aliphatic rings. The number of halogens is 1. The average Bonchev–Trinajstić information content (AvgIpc) is 3.34. The molecule has 8 heteroatoms. The monoisotopic (exact) mass is 451 g/mol. The molecule has 1 unspecified atom stereocenters. The van der Waals surface area contributed by atoms with Gasteiger partial charge in [-0.1, -0.05) is 18.2 Å². The van der Waals surface area contributed by atoms with Crippen molar-refractivity contribution in [3.05, 3.63) is 64.7 Å². The zero-order valence-corrected chi connectivity index (χ0v) is 18.5. The first-order valence-corrected chi connectivity index (χ1v) is 11.0. The van der Waals surface area contributed by atoms with Crippen LogP contribution in [0.4, 0.5) is 14.9 Å². The molecular formula is C25H26FN3O4. The van der Waals surface area contributed by atoms with Gasteiger partial charge in [-0.05, 0) is 48.7 Å². The fourth-order valence-corrected chi connectivity index (χ4v) is 4.56. The highest BCUT2D eigenvalue weighted by atomic mass is 19.1. The largest absolute Gasteiger partial charge is 0.465 e. The van der Waals surface area contributed by atoms with Gasteiger partial charge in [-0.25, -0.2) is 9.18 Å². The number of benzene rings is 2. The number of piperidine rings is 1. The van der Waals surface area contributed by atoms with Crippen LogP contribution in [-0.2, 0) is 10.4 Å². The van der Waals surface area contributed by atoms with E-state index in [0.29, 0.717) is 42.0 Å². The zero-order chi connectivity index (χ0) is 23.6. The Kier molecular flexibility index (Phi) is 6.34. The average molecular weight is 451 g/mol. The molecule has 0 aromatic heterocycles. The third kappa shape index (κ3) is 4.55. The van der Waals surface area contributed by atoms with Gasteiger partial charge < -0.3 is 14.7 Å². The highest BCUT2D eigenvalue weighted by Gasteiger charge is 2.38. The molecule has 2 heterocycles. The number of aryl methyl sites for hydroxylation is 1. The van der Waals surface area contributed by atoms with Crippen molar-refractivity contribution in [1.29, 1.82) is 5.26 Å². The smallest absolute Gasteiger partial charge is 0.412 e. The van der Waals surface area contributed by atoms with Crippen LogP contribution in [0.1, 0.15) is 46.3 Å². The van der Waals surface area contributed by atoms with Crippen LogP contribution >= 0.6 is 0 Å². The summed E-state index contributed by atoms with van der Waals surface area (Å²) in [6.45, 7) is 3.13. The predicted octanol–water partition coefficient (Wildman–Crippen LogP) is 4.24. The number of carbonyl (C=O) groups is 2. The first-order chi connectivity index (χ1) is 15.8. The van der Waals surface area contributed by atoms with Crippen LogP contribution in [-0.4, -0.2) is 54.4 Å². The van der Waals surface area contributed by atoms with E-state index in [1.54, 1.807) is 47.4 Å². The van der Waals surface area contributed by atoms with E-state index in [1.807, 2.05) is 13.0 Å². The molecule has 4 rings (SSSR count). The summed E-state index contributed by atoms with van der Waals surface area (Å²) in [5, 5.41) is 18.7. The van der Waals surface area contributed by atoms with Crippen molar-refractivity contribution >= 4 is 17.7 Å². The van der Waals surface area contributed by atoms with Gasteiger partial charge in [-0.15, -0.1) is 0 Å². The molecule has 1 N–H and O–H groups in total. The Balaban J connectivity index is 1.50. The molecule has 33 heavy (non-hydrogen) atoms. The minimum absolute atomic E-state index is 0.157. The maximum atomic E-state index is 15.6. The number of rotatable bonds is 4. The standard InChI is InChI=1S/C25H26FN3O4/c1-17-2-5-19(14-22(17)29(24(31)32)21-8-13-33-16-21)23(30)28-11-9-25(26,10-12-28)20-6-3-18(15-27)4-7-20/h2-7,14,21H,8-13,16H2,1H3,(H,31,32). The van der Waals surface area contributed by atoms with Crippen molar-refractivity contribution in [2.75, 3.05) is 31.2 Å². The van der Waals surface area contributed by atoms with Crippen LogP contribution in [0.25, 0.3) is 0 Å². The number of hydrogen-bond donors (Lipinski definition) is 1. The molecule has 0 spiro atoms. The molecule has 2 aromatic rings. The van der Waals surface area contributed by atoms with E-state index in [-0.39, 0.29) is 37.9 Å².